The van der Waals surface area contributed by atoms with Gasteiger partial charge in [0.2, 0.25) is 10.0 Å². The Morgan fingerprint density at radius 2 is 2.00 bits per heavy atom. The van der Waals surface area contributed by atoms with Crippen LogP contribution in [-0.2, 0) is 10.0 Å². The van der Waals surface area contributed by atoms with Crippen LogP contribution < -0.4 is 4.72 Å². The number of nitrogens with one attached hydrogen (secondary N) is 1. The molecule has 1 rings (SSSR count). The van der Waals surface area contributed by atoms with Crippen molar-refractivity contribution in [3.05, 3.63) is 42.5 Å². The van der Waals surface area contributed by atoms with Gasteiger partial charge in [0.15, 0.2) is 0 Å². The Kier molecular flexibility index (Phi) is 6.07. The molecule has 0 aliphatic rings. The SMILES string of the molecule is C=CCSCCNS(=O)(=O)c1ccc(C(=O)O)cc1. The number of carboxylic acids is 1. The van der Waals surface area contributed by atoms with Crippen molar-refractivity contribution in [1.82, 2.24) is 4.72 Å². The third-order valence-corrected chi connectivity index (χ3v) is 4.63. The van der Waals surface area contributed by atoms with Crippen LogP contribution in [0.5, 0.6) is 0 Å². The van der Waals surface area contributed by atoms with Crippen LogP contribution in [0.15, 0.2) is 41.8 Å². The van der Waals surface area contributed by atoms with E-state index in [1.807, 2.05) is 0 Å². The lowest BCUT2D eigenvalue weighted by molar-refractivity contribution is 0.0696. The van der Waals surface area contributed by atoms with Crippen LogP contribution >= 0.6 is 11.8 Å². The van der Waals surface area contributed by atoms with Gasteiger partial charge in [0.1, 0.15) is 0 Å². The third kappa shape index (κ3) is 5.06. The van der Waals surface area contributed by atoms with Gasteiger partial charge in [-0.25, -0.2) is 17.9 Å². The first kappa shape index (κ1) is 15.7. The number of carboxylic acid groups (broad SMARTS) is 1. The molecule has 0 aliphatic carbocycles. The summed E-state index contributed by atoms with van der Waals surface area (Å²) in [6, 6.07) is 5.10. The van der Waals surface area contributed by atoms with Crippen LogP contribution in [0.3, 0.4) is 0 Å². The molecule has 0 saturated carbocycles. The van der Waals surface area contributed by atoms with Crippen molar-refractivity contribution in [2.45, 2.75) is 4.90 Å². The van der Waals surface area contributed by atoms with Crippen molar-refractivity contribution < 1.29 is 18.3 Å². The Hall–Kier alpha value is -1.31. The molecule has 0 amide bonds. The molecule has 0 atom stereocenters. The van der Waals surface area contributed by atoms with Crippen LogP contribution in [0.1, 0.15) is 10.4 Å². The second-order valence-electron chi connectivity index (χ2n) is 3.59. The van der Waals surface area contributed by atoms with Crippen molar-refractivity contribution >= 4 is 27.8 Å². The minimum atomic E-state index is -3.57. The highest BCUT2D eigenvalue weighted by Crippen LogP contribution is 2.10. The fourth-order valence-electron chi connectivity index (χ4n) is 1.27. The van der Waals surface area contributed by atoms with E-state index in [-0.39, 0.29) is 10.5 Å². The van der Waals surface area contributed by atoms with Crippen LogP contribution in [0, 0.1) is 0 Å². The van der Waals surface area contributed by atoms with Gasteiger partial charge < -0.3 is 5.11 Å². The van der Waals surface area contributed by atoms with E-state index in [9.17, 15) is 13.2 Å². The monoisotopic (exact) mass is 301 g/mol. The summed E-state index contributed by atoms with van der Waals surface area (Å²) in [5, 5.41) is 8.73. The van der Waals surface area contributed by atoms with Crippen molar-refractivity contribution in [2.75, 3.05) is 18.1 Å². The summed E-state index contributed by atoms with van der Waals surface area (Å²) in [5.74, 6) is 0.339. The molecule has 5 nitrogen and oxygen atoms in total. The third-order valence-electron chi connectivity index (χ3n) is 2.19. The van der Waals surface area contributed by atoms with Crippen molar-refractivity contribution in [1.29, 1.82) is 0 Å². The molecule has 104 valence electrons. The van der Waals surface area contributed by atoms with E-state index in [1.54, 1.807) is 17.8 Å². The summed E-state index contributed by atoms with van der Waals surface area (Å²) >= 11 is 1.57. The maximum atomic E-state index is 11.9. The highest BCUT2D eigenvalue weighted by molar-refractivity contribution is 7.99. The molecule has 1 aromatic rings. The molecule has 0 radical (unpaired) electrons. The van der Waals surface area contributed by atoms with Gasteiger partial charge in [-0.15, -0.1) is 6.58 Å². The van der Waals surface area contributed by atoms with Crippen molar-refractivity contribution in [3.63, 3.8) is 0 Å². The predicted molar refractivity (Wildman–Crippen MR) is 76.1 cm³/mol. The second kappa shape index (κ2) is 7.32. The van der Waals surface area contributed by atoms with E-state index in [4.69, 9.17) is 5.11 Å². The largest absolute Gasteiger partial charge is 0.478 e. The van der Waals surface area contributed by atoms with Crippen LogP contribution in [0.25, 0.3) is 0 Å². The zero-order valence-electron chi connectivity index (χ0n) is 10.2. The zero-order valence-corrected chi connectivity index (χ0v) is 11.8. The van der Waals surface area contributed by atoms with E-state index in [0.717, 1.165) is 5.75 Å². The summed E-state index contributed by atoms with van der Waals surface area (Å²) < 4.78 is 26.2. The topological polar surface area (TPSA) is 83.5 Å². The quantitative estimate of drug-likeness (QED) is 0.562. The second-order valence-corrected chi connectivity index (χ2v) is 6.51. The molecule has 1 aromatic carbocycles. The van der Waals surface area contributed by atoms with Crippen LogP contribution in [0.2, 0.25) is 0 Å². The number of sulfonamides is 1. The van der Waals surface area contributed by atoms with Gasteiger partial charge in [0, 0.05) is 18.1 Å². The van der Waals surface area contributed by atoms with E-state index in [0.29, 0.717) is 12.3 Å². The lowest BCUT2D eigenvalue weighted by atomic mass is 10.2. The van der Waals surface area contributed by atoms with E-state index in [2.05, 4.69) is 11.3 Å². The lowest BCUT2D eigenvalue weighted by Crippen LogP contribution is -2.26. The smallest absolute Gasteiger partial charge is 0.335 e. The number of hydrogen-bond donors (Lipinski definition) is 2. The molecule has 0 heterocycles. The van der Waals surface area contributed by atoms with E-state index in [1.165, 1.54) is 24.3 Å². The summed E-state index contributed by atoms with van der Waals surface area (Å²) in [7, 11) is -3.57. The van der Waals surface area contributed by atoms with Crippen molar-refractivity contribution in [3.8, 4) is 0 Å². The van der Waals surface area contributed by atoms with E-state index >= 15 is 0 Å². The normalized spacial score (nSPS) is 11.2. The highest BCUT2D eigenvalue weighted by atomic mass is 32.2. The molecule has 7 heteroatoms. The molecule has 0 bridgehead atoms. The number of carbonyl (C=O) groups is 1. The standard InChI is InChI=1S/C12H15NO4S2/c1-2-8-18-9-7-13-19(16,17)11-5-3-10(4-6-11)12(14)15/h2-6,13H,1,7-9H2,(H,14,15). The Morgan fingerprint density at radius 1 is 1.37 bits per heavy atom. The summed E-state index contributed by atoms with van der Waals surface area (Å²) in [6.45, 7) is 3.89. The molecular weight excluding hydrogens is 286 g/mol. The maximum absolute atomic E-state index is 11.9. The molecule has 0 unspecified atom stereocenters. The maximum Gasteiger partial charge on any atom is 0.335 e. The van der Waals surface area contributed by atoms with Gasteiger partial charge >= 0.3 is 5.97 Å². The molecule has 0 spiro atoms. The summed E-state index contributed by atoms with van der Waals surface area (Å²) in [4.78, 5) is 10.7. The van der Waals surface area contributed by atoms with Crippen molar-refractivity contribution in [2.24, 2.45) is 0 Å². The Balaban J connectivity index is 2.61. The minimum absolute atomic E-state index is 0.0560. The highest BCUT2D eigenvalue weighted by Gasteiger charge is 2.13. The molecule has 0 saturated heterocycles. The Labute approximate surface area is 116 Å². The average molecular weight is 301 g/mol. The zero-order chi connectivity index (χ0) is 14.3. The van der Waals surface area contributed by atoms with E-state index < -0.39 is 16.0 Å². The van der Waals surface area contributed by atoms with Gasteiger partial charge in [0.05, 0.1) is 10.5 Å². The predicted octanol–water partition coefficient (Wildman–Crippen LogP) is 1.58. The lowest BCUT2D eigenvalue weighted by Gasteiger charge is -2.06. The van der Waals surface area contributed by atoms with Crippen LogP contribution in [-0.4, -0.2) is 37.5 Å². The summed E-state index contributed by atoms with van der Waals surface area (Å²) in [5.41, 5.74) is 0.0560. The number of hydrogen-bond acceptors (Lipinski definition) is 4. The number of benzene rings is 1. The van der Waals surface area contributed by atoms with Crippen LogP contribution in [0.4, 0.5) is 0 Å². The minimum Gasteiger partial charge on any atom is -0.478 e. The number of aromatic carboxylic acids is 1. The fourth-order valence-corrected chi connectivity index (χ4v) is 3.02. The number of rotatable bonds is 8. The molecule has 0 aliphatic heterocycles. The average Bonchev–Trinajstić information content (AvgIpc) is 2.38. The number of thioether (sulfide) groups is 1. The van der Waals surface area contributed by atoms with Gasteiger partial charge in [-0.1, -0.05) is 6.08 Å². The molecular formula is C12H15NO4S2. The molecule has 0 fully saturated rings. The fraction of sp³-hybridized carbons (Fsp3) is 0.250. The van der Waals surface area contributed by atoms with Gasteiger partial charge in [-0.3, -0.25) is 0 Å². The van der Waals surface area contributed by atoms with Gasteiger partial charge in [0.25, 0.3) is 0 Å². The first-order valence-corrected chi connectivity index (χ1v) is 8.13. The molecule has 2 N–H and O–H groups in total. The Morgan fingerprint density at radius 3 is 2.53 bits per heavy atom. The molecule has 19 heavy (non-hydrogen) atoms. The summed E-state index contributed by atoms with van der Waals surface area (Å²) in [6.07, 6.45) is 1.75. The first-order valence-electron chi connectivity index (χ1n) is 5.49. The van der Waals surface area contributed by atoms with Gasteiger partial charge in [-0.05, 0) is 24.3 Å². The van der Waals surface area contributed by atoms with Gasteiger partial charge in [-0.2, -0.15) is 11.8 Å². The first-order chi connectivity index (χ1) is 8.97. The molecule has 0 aromatic heterocycles. The Bertz CT molecular complexity index is 537.